The fourth-order valence-corrected chi connectivity index (χ4v) is 2.75. The summed E-state index contributed by atoms with van der Waals surface area (Å²) < 4.78 is 0. The van der Waals surface area contributed by atoms with Gasteiger partial charge in [-0.25, -0.2) is 0 Å². The molecule has 0 aromatic heterocycles. The standard InChI is InChI=1S/C15H23N3O/c16-12-6-7-13(14(17)10-12)15(19)18-9-8-11-4-2-1-3-5-11/h6-7,10-11H,1-5,8-9,16-17H2,(H,18,19). The molecule has 1 aliphatic carbocycles. The Kier molecular flexibility index (Phi) is 4.66. The van der Waals surface area contributed by atoms with E-state index >= 15 is 0 Å². The molecule has 0 saturated heterocycles. The minimum atomic E-state index is -0.103. The molecule has 0 radical (unpaired) electrons. The monoisotopic (exact) mass is 261 g/mol. The van der Waals surface area contributed by atoms with Gasteiger partial charge < -0.3 is 16.8 Å². The van der Waals surface area contributed by atoms with E-state index in [9.17, 15) is 4.79 Å². The molecule has 1 fully saturated rings. The third kappa shape index (κ3) is 3.88. The van der Waals surface area contributed by atoms with Crippen LogP contribution in [0.5, 0.6) is 0 Å². The van der Waals surface area contributed by atoms with Gasteiger partial charge in [0.15, 0.2) is 0 Å². The highest BCUT2D eigenvalue weighted by Crippen LogP contribution is 2.25. The Morgan fingerprint density at radius 2 is 1.95 bits per heavy atom. The van der Waals surface area contributed by atoms with Crippen molar-refractivity contribution in [2.75, 3.05) is 18.0 Å². The Morgan fingerprint density at radius 1 is 1.21 bits per heavy atom. The first-order valence-corrected chi connectivity index (χ1v) is 7.10. The summed E-state index contributed by atoms with van der Waals surface area (Å²) in [6.45, 7) is 0.729. The lowest BCUT2D eigenvalue weighted by molar-refractivity contribution is 0.0951. The van der Waals surface area contributed by atoms with Crippen LogP contribution in [0.1, 0.15) is 48.9 Å². The predicted molar refractivity (Wildman–Crippen MR) is 78.8 cm³/mol. The van der Waals surface area contributed by atoms with Crippen molar-refractivity contribution >= 4 is 17.3 Å². The molecule has 19 heavy (non-hydrogen) atoms. The van der Waals surface area contributed by atoms with E-state index in [4.69, 9.17) is 11.5 Å². The van der Waals surface area contributed by atoms with Gasteiger partial charge >= 0.3 is 0 Å². The number of anilines is 2. The van der Waals surface area contributed by atoms with E-state index in [0.29, 0.717) is 16.9 Å². The Balaban J connectivity index is 1.80. The first-order valence-electron chi connectivity index (χ1n) is 7.10. The molecule has 1 saturated carbocycles. The molecule has 0 atom stereocenters. The van der Waals surface area contributed by atoms with Crippen LogP contribution in [-0.4, -0.2) is 12.5 Å². The minimum Gasteiger partial charge on any atom is -0.399 e. The van der Waals surface area contributed by atoms with Gasteiger partial charge in [-0.15, -0.1) is 0 Å². The lowest BCUT2D eigenvalue weighted by atomic mass is 9.87. The molecule has 0 spiro atoms. The van der Waals surface area contributed by atoms with Crippen LogP contribution in [0, 0.1) is 5.92 Å². The molecule has 0 heterocycles. The van der Waals surface area contributed by atoms with E-state index in [-0.39, 0.29) is 5.91 Å². The van der Waals surface area contributed by atoms with E-state index in [1.54, 1.807) is 18.2 Å². The normalized spacial score (nSPS) is 16.2. The van der Waals surface area contributed by atoms with Crippen molar-refractivity contribution in [3.63, 3.8) is 0 Å². The third-order valence-electron chi connectivity index (χ3n) is 3.88. The number of nitrogens with two attached hydrogens (primary N) is 2. The fraction of sp³-hybridized carbons (Fsp3) is 0.533. The Bertz CT molecular complexity index is 439. The molecular weight excluding hydrogens is 238 g/mol. The molecule has 0 bridgehead atoms. The Morgan fingerprint density at radius 3 is 2.63 bits per heavy atom. The quantitative estimate of drug-likeness (QED) is 0.728. The number of nitrogens with one attached hydrogen (secondary N) is 1. The van der Waals surface area contributed by atoms with E-state index < -0.39 is 0 Å². The van der Waals surface area contributed by atoms with Crippen molar-refractivity contribution in [3.05, 3.63) is 23.8 Å². The first kappa shape index (κ1) is 13.7. The molecule has 4 nitrogen and oxygen atoms in total. The van der Waals surface area contributed by atoms with Crippen molar-refractivity contribution in [1.82, 2.24) is 5.32 Å². The van der Waals surface area contributed by atoms with Gasteiger partial charge in [-0.05, 0) is 30.5 Å². The molecule has 4 heteroatoms. The second-order valence-electron chi connectivity index (χ2n) is 5.40. The number of hydrogen-bond acceptors (Lipinski definition) is 3. The fourth-order valence-electron chi connectivity index (χ4n) is 2.75. The zero-order valence-corrected chi connectivity index (χ0v) is 11.3. The topological polar surface area (TPSA) is 81.1 Å². The van der Waals surface area contributed by atoms with E-state index in [1.807, 2.05) is 0 Å². The van der Waals surface area contributed by atoms with Gasteiger partial charge in [0, 0.05) is 17.9 Å². The van der Waals surface area contributed by atoms with Crippen LogP contribution in [0.25, 0.3) is 0 Å². The third-order valence-corrected chi connectivity index (χ3v) is 3.88. The maximum absolute atomic E-state index is 12.0. The van der Waals surface area contributed by atoms with E-state index in [1.165, 1.54) is 32.1 Å². The average Bonchev–Trinajstić information content (AvgIpc) is 2.39. The zero-order valence-electron chi connectivity index (χ0n) is 11.3. The molecule has 5 N–H and O–H groups in total. The SMILES string of the molecule is Nc1ccc(C(=O)NCCC2CCCCC2)c(N)c1. The number of carbonyl (C=O) groups is 1. The van der Waals surface area contributed by atoms with E-state index in [0.717, 1.165) is 18.9 Å². The van der Waals surface area contributed by atoms with Crippen molar-refractivity contribution in [2.45, 2.75) is 38.5 Å². The van der Waals surface area contributed by atoms with Gasteiger partial charge in [0.05, 0.1) is 5.56 Å². The van der Waals surface area contributed by atoms with Gasteiger partial charge in [0.25, 0.3) is 5.91 Å². The maximum atomic E-state index is 12.0. The highest BCUT2D eigenvalue weighted by atomic mass is 16.1. The summed E-state index contributed by atoms with van der Waals surface area (Å²) in [6, 6.07) is 5.00. The van der Waals surface area contributed by atoms with Crippen molar-refractivity contribution in [1.29, 1.82) is 0 Å². The van der Waals surface area contributed by atoms with Crippen LogP contribution in [0.4, 0.5) is 11.4 Å². The van der Waals surface area contributed by atoms with E-state index in [2.05, 4.69) is 5.32 Å². The van der Waals surface area contributed by atoms with Crippen LogP contribution in [0.2, 0.25) is 0 Å². The molecule has 104 valence electrons. The molecule has 1 aliphatic rings. The summed E-state index contributed by atoms with van der Waals surface area (Å²) in [7, 11) is 0. The van der Waals surface area contributed by atoms with Crippen molar-refractivity contribution < 1.29 is 4.79 Å². The zero-order chi connectivity index (χ0) is 13.7. The highest BCUT2D eigenvalue weighted by molar-refractivity contribution is 5.99. The average molecular weight is 261 g/mol. The lowest BCUT2D eigenvalue weighted by Gasteiger charge is -2.21. The van der Waals surface area contributed by atoms with Crippen LogP contribution >= 0.6 is 0 Å². The van der Waals surface area contributed by atoms with Crippen LogP contribution in [0.15, 0.2) is 18.2 Å². The maximum Gasteiger partial charge on any atom is 0.253 e. The lowest BCUT2D eigenvalue weighted by Crippen LogP contribution is -2.27. The first-order chi connectivity index (χ1) is 9.16. The second-order valence-corrected chi connectivity index (χ2v) is 5.40. The van der Waals surface area contributed by atoms with Gasteiger partial charge in [-0.3, -0.25) is 4.79 Å². The number of amides is 1. The van der Waals surface area contributed by atoms with Gasteiger partial charge in [-0.2, -0.15) is 0 Å². The largest absolute Gasteiger partial charge is 0.399 e. The van der Waals surface area contributed by atoms with Crippen LogP contribution < -0.4 is 16.8 Å². The molecule has 1 aromatic rings. The Hall–Kier alpha value is -1.71. The molecule has 0 unspecified atom stereocenters. The molecular formula is C15H23N3O. The summed E-state index contributed by atoms with van der Waals surface area (Å²) in [5.41, 5.74) is 12.9. The second kappa shape index (κ2) is 6.45. The highest BCUT2D eigenvalue weighted by Gasteiger charge is 2.14. The number of hydrogen-bond donors (Lipinski definition) is 3. The van der Waals surface area contributed by atoms with Crippen LogP contribution in [0.3, 0.4) is 0 Å². The summed E-state index contributed by atoms with van der Waals surface area (Å²) >= 11 is 0. The van der Waals surface area contributed by atoms with Crippen LogP contribution in [-0.2, 0) is 0 Å². The van der Waals surface area contributed by atoms with Crippen molar-refractivity contribution in [2.24, 2.45) is 5.92 Å². The molecule has 0 aliphatic heterocycles. The number of rotatable bonds is 4. The molecule has 2 rings (SSSR count). The summed E-state index contributed by atoms with van der Waals surface area (Å²) in [5, 5.41) is 2.95. The smallest absolute Gasteiger partial charge is 0.253 e. The van der Waals surface area contributed by atoms with Gasteiger partial charge in [0.2, 0.25) is 0 Å². The number of benzene rings is 1. The minimum absolute atomic E-state index is 0.103. The van der Waals surface area contributed by atoms with Gasteiger partial charge in [0.1, 0.15) is 0 Å². The number of nitrogen functional groups attached to an aromatic ring is 2. The predicted octanol–water partition coefficient (Wildman–Crippen LogP) is 2.55. The number of carbonyl (C=O) groups excluding carboxylic acids is 1. The summed E-state index contributed by atoms with van der Waals surface area (Å²) in [5.74, 6) is 0.672. The van der Waals surface area contributed by atoms with Crippen molar-refractivity contribution in [3.8, 4) is 0 Å². The summed E-state index contributed by atoms with van der Waals surface area (Å²) in [6.07, 6.45) is 7.72. The Labute approximate surface area is 114 Å². The summed E-state index contributed by atoms with van der Waals surface area (Å²) in [4.78, 5) is 12.0. The molecule has 1 aromatic carbocycles. The molecule has 1 amide bonds. The van der Waals surface area contributed by atoms with Gasteiger partial charge in [-0.1, -0.05) is 32.1 Å².